The molecule has 0 saturated heterocycles. The van der Waals surface area contributed by atoms with Crippen molar-refractivity contribution in [2.45, 2.75) is 25.3 Å². The maximum Gasteiger partial charge on any atom is 0.271 e. The molecule has 1 atom stereocenters. The zero-order chi connectivity index (χ0) is 14.8. The minimum absolute atomic E-state index is 0.197. The molecule has 2 heterocycles. The fraction of sp³-hybridized carbons (Fsp3) is 0.429. The first-order valence-corrected chi connectivity index (χ1v) is 7.02. The minimum atomic E-state index is -0.235. The number of aromatic nitrogens is 4. The molecular formula is C14H18N6O. The first-order valence-electron chi connectivity index (χ1n) is 7.02. The third kappa shape index (κ3) is 2.58. The van der Waals surface area contributed by atoms with Crippen LogP contribution in [0.25, 0.3) is 0 Å². The first-order chi connectivity index (χ1) is 10.2. The molecule has 110 valence electrons. The number of hydrogen-bond donors (Lipinski definition) is 2. The van der Waals surface area contributed by atoms with Gasteiger partial charge in [0.15, 0.2) is 5.69 Å². The number of carbonyl (C=O) groups is 1. The van der Waals surface area contributed by atoms with Gasteiger partial charge in [-0.2, -0.15) is 5.10 Å². The van der Waals surface area contributed by atoms with E-state index in [1.807, 2.05) is 17.9 Å². The third-order valence-corrected chi connectivity index (χ3v) is 3.82. The number of fused-ring (bicyclic) bond motifs is 1. The summed E-state index contributed by atoms with van der Waals surface area (Å²) >= 11 is 0. The van der Waals surface area contributed by atoms with Crippen LogP contribution in [0.3, 0.4) is 0 Å². The summed E-state index contributed by atoms with van der Waals surface area (Å²) in [5.41, 5.74) is 2.81. The third-order valence-electron chi connectivity index (χ3n) is 3.82. The number of amides is 1. The van der Waals surface area contributed by atoms with Gasteiger partial charge in [0.05, 0.1) is 12.2 Å². The zero-order valence-electron chi connectivity index (χ0n) is 12.1. The lowest BCUT2D eigenvalue weighted by molar-refractivity contribution is 0.0957. The number of aryl methyl sites for hydroxylation is 1. The molecule has 0 fully saturated rings. The molecule has 1 unspecified atom stereocenters. The average molecular weight is 286 g/mol. The Morgan fingerprint density at radius 3 is 2.95 bits per heavy atom. The summed E-state index contributed by atoms with van der Waals surface area (Å²) in [4.78, 5) is 11.4. The second kappa shape index (κ2) is 5.51. The minimum Gasteiger partial charge on any atom is -0.362 e. The van der Waals surface area contributed by atoms with Crippen molar-refractivity contribution in [3.63, 3.8) is 0 Å². The summed E-state index contributed by atoms with van der Waals surface area (Å²) in [6.07, 6.45) is 5.13. The summed E-state index contributed by atoms with van der Waals surface area (Å²) in [5.74, 6) is 0.436. The number of rotatable bonds is 3. The van der Waals surface area contributed by atoms with Gasteiger partial charge >= 0.3 is 0 Å². The highest BCUT2D eigenvalue weighted by Crippen LogP contribution is 2.31. The predicted molar refractivity (Wildman–Crippen MR) is 77.9 cm³/mol. The van der Waals surface area contributed by atoms with Crippen LogP contribution in [0.15, 0.2) is 18.3 Å². The Bertz CT molecular complexity index is 648. The molecule has 0 spiro atoms. The normalized spacial score (nSPS) is 17.1. The van der Waals surface area contributed by atoms with Gasteiger partial charge in [0.2, 0.25) is 0 Å². The van der Waals surface area contributed by atoms with E-state index in [9.17, 15) is 4.79 Å². The molecule has 2 aromatic heterocycles. The lowest BCUT2D eigenvalue weighted by Crippen LogP contribution is -2.21. The van der Waals surface area contributed by atoms with Crippen LogP contribution < -0.4 is 10.6 Å². The Hall–Kier alpha value is -2.44. The lowest BCUT2D eigenvalue weighted by atomic mass is 9.93. The Labute approximate surface area is 122 Å². The molecule has 1 amide bonds. The highest BCUT2D eigenvalue weighted by Gasteiger charge is 2.23. The van der Waals surface area contributed by atoms with Crippen LogP contribution in [0.2, 0.25) is 0 Å². The lowest BCUT2D eigenvalue weighted by Gasteiger charge is -2.24. The van der Waals surface area contributed by atoms with Gasteiger partial charge in [-0.1, -0.05) is 0 Å². The van der Waals surface area contributed by atoms with E-state index in [2.05, 4.69) is 25.9 Å². The SMILES string of the molecule is CNC(=O)c1ccc(NC2CCCc3c2cnn3C)nn1. The highest BCUT2D eigenvalue weighted by atomic mass is 16.1. The molecule has 7 nitrogen and oxygen atoms in total. The van der Waals surface area contributed by atoms with E-state index in [0.717, 1.165) is 19.3 Å². The van der Waals surface area contributed by atoms with Gasteiger partial charge in [0.1, 0.15) is 5.82 Å². The summed E-state index contributed by atoms with van der Waals surface area (Å²) in [6, 6.07) is 3.64. The van der Waals surface area contributed by atoms with Crippen molar-refractivity contribution in [1.29, 1.82) is 0 Å². The highest BCUT2D eigenvalue weighted by molar-refractivity contribution is 5.91. The largest absolute Gasteiger partial charge is 0.362 e. The molecule has 0 aromatic carbocycles. The Balaban J connectivity index is 1.77. The van der Waals surface area contributed by atoms with Gasteiger partial charge in [0.25, 0.3) is 5.91 Å². The molecule has 0 saturated carbocycles. The first kappa shape index (κ1) is 13.5. The Kier molecular flexibility index (Phi) is 3.55. The second-order valence-corrected chi connectivity index (χ2v) is 5.14. The maximum absolute atomic E-state index is 11.4. The number of nitrogens with zero attached hydrogens (tertiary/aromatic N) is 4. The Morgan fingerprint density at radius 2 is 2.24 bits per heavy atom. The zero-order valence-corrected chi connectivity index (χ0v) is 12.1. The van der Waals surface area contributed by atoms with Gasteiger partial charge in [-0.25, -0.2) is 0 Å². The van der Waals surface area contributed by atoms with Crippen molar-refractivity contribution in [3.8, 4) is 0 Å². The van der Waals surface area contributed by atoms with Gasteiger partial charge in [-0.05, 0) is 31.4 Å². The summed E-state index contributed by atoms with van der Waals surface area (Å²) in [7, 11) is 3.54. The second-order valence-electron chi connectivity index (χ2n) is 5.14. The van der Waals surface area contributed by atoms with Crippen LogP contribution in [0.5, 0.6) is 0 Å². The van der Waals surface area contributed by atoms with E-state index in [4.69, 9.17) is 0 Å². The van der Waals surface area contributed by atoms with E-state index in [-0.39, 0.29) is 11.9 Å². The summed E-state index contributed by atoms with van der Waals surface area (Å²) in [5, 5.41) is 18.2. The van der Waals surface area contributed by atoms with Crippen LogP contribution in [-0.4, -0.2) is 32.9 Å². The number of hydrogen-bond acceptors (Lipinski definition) is 5. The molecular weight excluding hydrogens is 268 g/mol. The molecule has 2 N–H and O–H groups in total. The van der Waals surface area contributed by atoms with Crippen LogP contribution in [0.4, 0.5) is 5.82 Å². The smallest absolute Gasteiger partial charge is 0.271 e. The van der Waals surface area contributed by atoms with Crippen molar-refractivity contribution >= 4 is 11.7 Å². The fourth-order valence-corrected chi connectivity index (χ4v) is 2.69. The van der Waals surface area contributed by atoms with Gasteiger partial charge < -0.3 is 10.6 Å². The summed E-state index contributed by atoms with van der Waals surface area (Å²) in [6.45, 7) is 0. The van der Waals surface area contributed by atoms with Crippen LogP contribution in [0.1, 0.15) is 40.6 Å². The van der Waals surface area contributed by atoms with E-state index >= 15 is 0 Å². The van der Waals surface area contributed by atoms with E-state index in [1.54, 1.807) is 19.2 Å². The van der Waals surface area contributed by atoms with E-state index in [1.165, 1.54) is 11.3 Å². The number of anilines is 1. The number of carbonyl (C=O) groups excluding carboxylic acids is 1. The topological polar surface area (TPSA) is 84.7 Å². The van der Waals surface area contributed by atoms with Crippen LogP contribution in [-0.2, 0) is 13.5 Å². The molecule has 7 heteroatoms. The predicted octanol–water partition coefficient (Wildman–Crippen LogP) is 1.06. The van der Waals surface area contributed by atoms with Crippen molar-refractivity contribution in [2.24, 2.45) is 7.05 Å². The van der Waals surface area contributed by atoms with Crippen molar-refractivity contribution in [1.82, 2.24) is 25.3 Å². The molecule has 0 bridgehead atoms. The van der Waals surface area contributed by atoms with Gasteiger partial charge in [-0.3, -0.25) is 9.48 Å². The maximum atomic E-state index is 11.4. The van der Waals surface area contributed by atoms with Gasteiger partial charge in [-0.15, -0.1) is 10.2 Å². The van der Waals surface area contributed by atoms with Crippen LogP contribution in [0, 0.1) is 0 Å². The average Bonchev–Trinajstić information content (AvgIpc) is 2.90. The molecule has 0 radical (unpaired) electrons. The quantitative estimate of drug-likeness (QED) is 0.881. The van der Waals surface area contributed by atoms with Gasteiger partial charge in [0, 0.05) is 25.4 Å². The molecule has 1 aliphatic carbocycles. The van der Waals surface area contributed by atoms with Crippen molar-refractivity contribution < 1.29 is 4.79 Å². The molecule has 2 aromatic rings. The standard InChI is InChI=1S/C14H18N6O/c1-15-14(21)11-6-7-13(19-18-11)17-10-4-3-5-12-9(10)8-16-20(12)2/h6-8,10H,3-5H2,1-2H3,(H,15,21)(H,17,19). The molecule has 21 heavy (non-hydrogen) atoms. The van der Waals surface area contributed by atoms with E-state index < -0.39 is 0 Å². The van der Waals surface area contributed by atoms with Crippen molar-refractivity contribution in [3.05, 3.63) is 35.3 Å². The van der Waals surface area contributed by atoms with Crippen LogP contribution >= 0.6 is 0 Å². The molecule has 0 aliphatic heterocycles. The van der Waals surface area contributed by atoms with Crippen molar-refractivity contribution in [2.75, 3.05) is 12.4 Å². The number of nitrogens with one attached hydrogen (secondary N) is 2. The fourth-order valence-electron chi connectivity index (χ4n) is 2.69. The monoisotopic (exact) mass is 286 g/mol. The van der Waals surface area contributed by atoms with E-state index in [0.29, 0.717) is 11.5 Å². The Morgan fingerprint density at radius 1 is 1.38 bits per heavy atom. The molecule has 3 rings (SSSR count). The molecule has 1 aliphatic rings. The summed E-state index contributed by atoms with van der Waals surface area (Å²) < 4.78 is 1.93.